The van der Waals surface area contributed by atoms with Gasteiger partial charge in [0.15, 0.2) is 0 Å². The molecule has 1 unspecified atom stereocenters. The van der Waals surface area contributed by atoms with Crippen molar-refractivity contribution in [2.45, 2.75) is 19.1 Å². The predicted octanol–water partition coefficient (Wildman–Crippen LogP) is 3.51. The molecule has 0 saturated heterocycles. The van der Waals surface area contributed by atoms with E-state index in [4.69, 9.17) is 4.74 Å². The molecule has 0 N–H and O–H groups in total. The fraction of sp³-hybridized carbons (Fsp3) is 0.455. The van der Waals surface area contributed by atoms with Gasteiger partial charge in [-0.3, -0.25) is 0 Å². The third-order valence-corrected chi connectivity index (χ3v) is 3.09. The third-order valence-electron chi connectivity index (χ3n) is 1.98. The molecule has 0 aliphatic heterocycles. The Labute approximate surface area is 84.5 Å². The van der Waals surface area contributed by atoms with Crippen LogP contribution in [0.5, 0.6) is 5.75 Å². The molecule has 1 nitrogen and oxygen atoms in total. The van der Waals surface area contributed by atoms with Crippen LogP contribution in [0.4, 0.5) is 0 Å². The molecule has 0 radical (unpaired) electrons. The zero-order valence-electron chi connectivity index (χ0n) is 8.41. The van der Waals surface area contributed by atoms with Crippen molar-refractivity contribution in [1.29, 1.82) is 0 Å². The second-order valence-electron chi connectivity index (χ2n) is 2.87. The van der Waals surface area contributed by atoms with Gasteiger partial charge < -0.3 is 4.74 Å². The predicted molar refractivity (Wildman–Crippen MR) is 59.5 cm³/mol. The Balaban J connectivity index is 2.75. The minimum atomic E-state index is 0.556. The van der Waals surface area contributed by atoms with Gasteiger partial charge in [0.05, 0.1) is 7.11 Å². The minimum Gasteiger partial charge on any atom is -0.497 e. The molecular weight excluding hydrogens is 180 g/mol. The van der Waals surface area contributed by atoms with E-state index in [1.165, 1.54) is 5.56 Å². The Kier molecular flexibility index (Phi) is 4.16. The summed E-state index contributed by atoms with van der Waals surface area (Å²) in [6.45, 7) is 4.41. The minimum absolute atomic E-state index is 0.556. The van der Waals surface area contributed by atoms with E-state index in [-0.39, 0.29) is 0 Å². The van der Waals surface area contributed by atoms with Crippen LogP contribution < -0.4 is 4.74 Å². The van der Waals surface area contributed by atoms with E-state index in [0.717, 1.165) is 11.5 Å². The molecule has 0 heterocycles. The lowest BCUT2D eigenvalue weighted by atomic mass is 10.1. The van der Waals surface area contributed by atoms with Gasteiger partial charge in [0.1, 0.15) is 5.75 Å². The normalized spacial score (nSPS) is 12.5. The SMILES string of the molecule is CCSC(C)c1cccc(OC)c1. The van der Waals surface area contributed by atoms with Crippen LogP contribution in [0.3, 0.4) is 0 Å². The molecular formula is C11H16OS. The molecule has 0 saturated carbocycles. The molecule has 1 atom stereocenters. The second-order valence-corrected chi connectivity index (χ2v) is 4.49. The summed E-state index contributed by atoms with van der Waals surface area (Å²) in [5.41, 5.74) is 1.34. The molecule has 0 fully saturated rings. The number of rotatable bonds is 4. The first-order valence-corrected chi connectivity index (χ1v) is 5.58. The number of thioether (sulfide) groups is 1. The number of hydrogen-bond acceptors (Lipinski definition) is 2. The van der Waals surface area contributed by atoms with Crippen LogP contribution in [0.2, 0.25) is 0 Å². The number of methoxy groups -OCH3 is 1. The van der Waals surface area contributed by atoms with Crippen molar-refractivity contribution >= 4 is 11.8 Å². The lowest BCUT2D eigenvalue weighted by Crippen LogP contribution is -1.90. The Morgan fingerprint density at radius 3 is 2.85 bits per heavy atom. The molecule has 0 bridgehead atoms. The number of hydrogen-bond donors (Lipinski definition) is 0. The highest BCUT2D eigenvalue weighted by molar-refractivity contribution is 7.99. The first-order valence-electron chi connectivity index (χ1n) is 4.53. The fourth-order valence-corrected chi connectivity index (χ4v) is 2.08. The zero-order chi connectivity index (χ0) is 9.68. The van der Waals surface area contributed by atoms with Crippen molar-refractivity contribution in [3.8, 4) is 5.75 Å². The van der Waals surface area contributed by atoms with E-state index in [0.29, 0.717) is 5.25 Å². The van der Waals surface area contributed by atoms with E-state index in [2.05, 4.69) is 26.0 Å². The molecule has 0 aromatic heterocycles. The van der Waals surface area contributed by atoms with Gasteiger partial charge in [0, 0.05) is 5.25 Å². The van der Waals surface area contributed by atoms with Gasteiger partial charge in [-0.2, -0.15) is 11.8 Å². The van der Waals surface area contributed by atoms with E-state index in [9.17, 15) is 0 Å². The largest absolute Gasteiger partial charge is 0.497 e. The molecule has 1 aromatic carbocycles. The number of ether oxygens (including phenoxy) is 1. The maximum Gasteiger partial charge on any atom is 0.119 e. The highest BCUT2D eigenvalue weighted by atomic mass is 32.2. The molecule has 0 aliphatic carbocycles. The van der Waals surface area contributed by atoms with Crippen molar-refractivity contribution in [2.75, 3.05) is 12.9 Å². The maximum absolute atomic E-state index is 5.17. The van der Waals surface area contributed by atoms with Crippen LogP contribution in [0.25, 0.3) is 0 Å². The Bertz CT molecular complexity index is 260. The second kappa shape index (κ2) is 5.18. The quantitative estimate of drug-likeness (QED) is 0.728. The van der Waals surface area contributed by atoms with Crippen LogP contribution in [0.15, 0.2) is 24.3 Å². The van der Waals surface area contributed by atoms with Gasteiger partial charge >= 0.3 is 0 Å². The smallest absolute Gasteiger partial charge is 0.119 e. The van der Waals surface area contributed by atoms with E-state index in [1.54, 1.807) is 7.11 Å². The van der Waals surface area contributed by atoms with Gasteiger partial charge in [-0.05, 0) is 30.4 Å². The van der Waals surface area contributed by atoms with Gasteiger partial charge in [0.25, 0.3) is 0 Å². The summed E-state index contributed by atoms with van der Waals surface area (Å²) < 4.78 is 5.17. The van der Waals surface area contributed by atoms with Crippen molar-refractivity contribution in [1.82, 2.24) is 0 Å². The summed E-state index contributed by atoms with van der Waals surface area (Å²) in [4.78, 5) is 0. The first-order chi connectivity index (χ1) is 6.27. The third kappa shape index (κ3) is 2.96. The molecule has 0 amide bonds. The Morgan fingerprint density at radius 1 is 1.46 bits per heavy atom. The maximum atomic E-state index is 5.17. The van der Waals surface area contributed by atoms with Crippen LogP contribution in [0, 0.1) is 0 Å². The Hall–Kier alpha value is -0.630. The van der Waals surface area contributed by atoms with Crippen LogP contribution in [0.1, 0.15) is 24.7 Å². The molecule has 1 rings (SSSR count). The highest BCUT2D eigenvalue weighted by Crippen LogP contribution is 2.29. The summed E-state index contributed by atoms with van der Waals surface area (Å²) in [7, 11) is 1.71. The zero-order valence-corrected chi connectivity index (χ0v) is 9.23. The average Bonchev–Trinajstić information content (AvgIpc) is 2.18. The molecule has 13 heavy (non-hydrogen) atoms. The molecule has 72 valence electrons. The average molecular weight is 196 g/mol. The van der Waals surface area contributed by atoms with Gasteiger partial charge in [-0.15, -0.1) is 0 Å². The topological polar surface area (TPSA) is 9.23 Å². The van der Waals surface area contributed by atoms with Crippen LogP contribution in [-0.2, 0) is 0 Å². The van der Waals surface area contributed by atoms with Crippen molar-refractivity contribution in [3.05, 3.63) is 29.8 Å². The summed E-state index contributed by atoms with van der Waals surface area (Å²) in [5.74, 6) is 2.10. The summed E-state index contributed by atoms with van der Waals surface area (Å²) in [6, 6.07) is 8.27. The van der Waals surface area contributed by atoms with Crippen molar-refractivity contribution in [3.63, 3.8) is 0 Å². The molecule has 0 aliphatic rings. The van der Waals surface area contributed by atoms with Crippen molar-refractivity contribution < 1.29 is 4.74 Å². The molecule has 1 aromatic rings. The summed E-state index contributed by atoms with van der Waals surface area (Å²) in [6.07, 6.45) is 0. The molecule has 2 heteroatoms. The summed E-state index contributed by atoms with van der Waals surface area (Å²) >= 11 is 1.95. The van der Waals surface area contributed by atoms with Gasteiger partial charge in [-0.1, -0.05) is 19.1 Å². The van der Waals surface area contributed by atoms with E-state index < -0.39 is 0 Å². The molecule has 0 spiro atoms. The monoisotopic (exact) mass is 196 g/mol. The summed E-state index contributed by atoms with van der Waals surface area (Å²) in [5, 5.41) is 0.556. The van der Waals surface area contributed by atoms with Crippen molar-refractivity contribution in [2.24, 2.45) is 0 Å². The fourth-order valence-electron chi connectivity index (χ4n) is 1.24. The first kappa shape index (κ1) is 10.5. The van der Waals surface area contributed by atoms with Crippen LogP contribution in [-0.4, -0.2) is 12.9 Å². The van der Waals surface area contributed by atoms with Crippen LogP contribution >= 0.6 is 11.8 Å². The highest BCUT2D eigenvalue weighted by Gasteiger charge is 2.04. The standard InChI is InChI=1S/C11H16OS/c1-4-13-9(2)10-6-5-7-11(8-10)12-3/h5-9H,4H2,1-3H3. The van der Waals surface area contributed by atoms with Gasteiger partial charge in [-0.25, -0.2) is 0 Å². The lowest BCUT2D eigenvalue weighted by Gasteiger charge is -2.11. The lowest BCUT2D eigenvalue weighted by molar-refractivity contribution is 0.414. The van der Waals surface area contributed by atoms with Gasteiger partial charge in [0.2, 0.25) is 0 Å². The van der Waals surface area contributed by atoms with E-state index in [1.807, 2.05) is 23.9 Å². The Morgan fingerprint density at radius 2 is 2.23 bits per heavy atom. The van der Waals surface area contributed by atoms with E-state index >= 15 is 0 Å². The number of benzene rings is 1.